The normalized spacial score (nSPS) is 20.0. The van der Waals surface area contributed by atoms with Crippen molar-refractivity contribution in [3.05, 3.63) is 41.0 Å². The summed E-state index contributed by atoms with van der Waals surface area (Å²) < 4.78 is 38.4. The average molecular weight is 337 g/mol. The number of likely N-dealkylation sites (tertiary alicyclic amines) is 1. The summed E-state index contributed by atoms with van der Waals surface area (Å²) >= 11 is 0. The highest BCUT2D eigenvalue weighted by Gasteiger charge is 2.37. The Bertz CT molecular complexity index is 679. The molecule has 24 heavy (non-hydrogen) atoms. The number of ether oxygens (including phenoxy) is 2. The van der Waals surface area contributed by atoms with Gasteiger partial charge in [-0.05, 0) is 38.3 Å². The predicted molar refractivity (Wildman–Crippen MR) is 85.1 cm³/mol. The number of nitrogens with zero attached hydrogens (tertiary/aromatic N) is 1. The van der Waals surface area contributed by atoms with Crippen molar-refractivity contribution in [1.29, 1.82) is 0 Å². The van der Waals surface area contributed by atoms with E-state index in [1.165, 1.54) is 18.7 Å². The average Bonchev–Trinajstić information content (AvgIpc) is 2.55. The van der Waals surface area contributed by atoms with Crippen LogP contribution in [0.15, 0.2) is 23.8 Å². The second kappa shape index (κ2) is 6.51. The number of halogens is 2. The maximum absolute atomic E-state index is 14.3. The first-order chi connectivity index (χ1) is 11.5. The van der Waals surface area contributed by atoms with Gasteiger partial charge in [0.15, 0.2) is 17.4 Å². The van der Waals surface area contributed by atoms with E-state index in [0.717, 1.165) is 12.5 Å². The third-order valence-electron chi connectivity index (χ3n) is 4.78. The fourth-order valence-electron chi connectivity index (χ4n) is 3.41. The van der Waals surface area contributed by atoms with E-state index in [2.05, 4.69) is 13.0 Å². The molecule has 4 nitrogen and oxygen atoms in total. The molecule has 1 amide bonds. The van der Waals surface area contributed by atoms with E-state index in [1.807, 2.05) is 0 Å². The molecule has 0 bridgehead atoms. The molecule has 0 aromatic heterocycles. The monoisotopic (exact) mass is 337 g/mol. The molecule has 1 aromatic carbocycles. The second-order valence-electron chi connectivity index (χ2n) is 6.39. The van der Waals surface area contributed by atoms with Gasteiger partial charge in [0.2, 0.25) is 0 Å². The molecule has 6 heteroatoms. The number of hydrogen-bond donors (Lipinski definition) is 0. The minimum atomic E-state index is -0.951. The lowest BCUT2D eigenvalue weighted by atomic mass is 9.87. The van der Waals surface area contributed by atoms with Crippen LogP contribution < -0.4 is 4.74 Å². The molecule has 0 saturated carbocycles. The van der Waals surface area contributed by atoms with Crippen LogP contribution in [0.25, 0.3) is 0 Å². The van der Waals surface area contributed by atoms with Gasteiger partial charge in [0.1, 0.15) is 0 Å². The van der Waals surface area contributed by atoms with Crippen molar-refractivity contribution in [2.24, 2.45) is 0 Å². The van der Waals surface area contributed by atoms with Crippen molar-refractivity contribution in [3.63, 3.8) is 0 Å². The van der Waals surface area contributed by atoms with Gasteiger partial charge in [0, 0.05) is 13.1 Å². The molecule has 130 valence electrons. The molecule has 0 radical (unpaired) electrons. The number of amides is 1. The minimum Gasteiger partial charge on any atom is -0.491 e. The van der Waals surface area contributed by atoms with E-state index >= 15 is 0 Å². The van der Waals surface area contributed by atoms with Crippen molar-refractivity contribution in [1.82, 2.24) is 4.90 Å². The van der Waals surface area contributed by atoms with Crippen molar-refractivity contribution < 1.29 is 23.0 Å². The zero-order valence-corrected chi connectivity index (χ0v) is 13.9. The quantitative estimate of drug-likeness (QED) is 0.777. The molecule has 0 aliphatic carbocycles. The SMILES string of the molecule is COc1c(F)ccc(C(=O)N2CCC3(C=C(C)CCO3)CC2)c1F. The molecule has 0 atom stereocenters. The lowest BCUT2D eigenvalue weighted by molar-refractivity contribution is -0.0522. The Morgan fingerprint density at radius 3 is 2.62 bits per heavy atom. The maximum atomic E-state index is 14.3. The lowest BCUT2D eigenvalue weighted by Gasteiger charge is -2.42. The highest BCUT2D eigenvalue weighted by atomic mass is 19.1. The summed E-state index contributed by atoms with van der Waals surface area (Å²) in [6, 6.07) is 2.22. The van der Waals surface area contributed by atoms with Crippen LogP contribution in [0, 0.1) is 11.6 Å². The van der Waals surface area contributed by atoms with Gasteiger partial charge in [-0.3, -0.25) is 4.79 Å². The fraction of sp³-hybridized carbons (Fsp3) is 0.500. The number of carbonyl (C=O) groups is 1. The molecule has 0 N–H and O–H groups in total. The van der Waals surface area contributed by atoms with Crippen molar-refractivity contribution >= 4 is 5.91 Å². The molecular formula is C18H21F2NO3. The van der Waals surface area contributed by atoms with Crippen LogP contribution in [0.1, 0.15) is 36.5 Å². The third kappa shape index (κ3) is 3.02. The highest BCUT2D eigenvalue weighted by molar-refractivity contribution is 5.95. The number of benzene rings is 1. The third-order valence-corrected chi connectivity index (χ3v) is 4.78. The predicted octanol–water partition coefficient (Wildman–Crippen LogP) is 3.31. The van der Waals surface area contributed by atoms with Crippen LogP contribution >= 0.6 is 0 Å². The van der Waals surface area contributed by atoms with Gasteiger partial charge >= 0.3 is 0 Å². The van der Waals surface area contributed by atoms with Gasteiger partial charge in [-0.1, -0.05) is 11.6 Å². The fourth-order valence-corrected chi connectivity index (χ4v) is 3.41. The standard InChI is InChI=1S/C18H21F2NO3/c1-12-5-10-24-18(11-12)6-8-21(9-7-18)17(22)13-3-4-14(19)16(23-2)15(13)20/h3-4,11H,5-10H2,1-2H3. The van der Waals surface area contributed by atoms with Crippen LogP contribution in [0.4, 0.5) is 8.78 Å². The zero-order valence-electron chi connectivity index (χ0n) is 13.9. The van der Waals surface area contributed by atoms with Gasteiger partial charge in [0.05, 0.1) is 24.9 Å². The molecule has 1 spiro atoms. The first-order valence-electron chi connectivity index (χ1n) is 8.09. The molecule has 2 aliphatic rings. The summed E-state index contributed by atoms with van der Waals surface area (Å²) in [5, 5.41) is 0. The Labute approximate surface area is 140 Å². The van der Waals surface area contributed by atoms with E-state index < -0.39 is 23.3 Å². The van der Waals surface area contributed by atoms with Gasteiger partial charge in [0.25, 0.3) is 5.91 Å². The number of carbonyl (C=O) groups excluding carboxylic acids is 1. The van der Waals surface area contributed by atoms with Gasteiger partial charge < -0.3 is 14.4 Å². The smallest absolute Gasteiger partial charge is 0.256 e. The molecule has 3 rings (SSSR count). The Hall–Kier alpha value is -1.95. The van der Waals surface area contributed by atoms with Crippen molar-refractivity contribution in [2.75, 3.05) is 26.8 Å². The summed E-state index contributed by atoms with van der Waals surface area (Å²) in [6.07, 6.45) is 4.44. The maximum Gasteiger partial charge on any atom is 0.256 e. The molecular weight excluding hydrogens is 316 g/mol. The van der Waals surface area contributed by atoms with Crippen LogP contribution in [0.2, 0.25) is 0 Å². The van der Waals surface area contributed by atoms with Crippen LogP contribution in [-0.4, -0.2) is 43.2 Å². The molecule has 2 heterocycles. The van der Waals surface area contributed by atoms with E-state index in [9.17, 15) is 13.6 Å². The topological polar surface area (TPSA) is 38.8 Å². The summed E-state index contributed by atoms with van der Waals surface area (Å²) in [7, 11) is 1.18. The summed E-state index contributed by atoms with van der Waals surface area (Å²) in [5.41, 5.74) is 0.828. The lowest BCUT2D eigenvalue weighted by Crippen LogP contribution is -2.48. The first kappa shape index (κ1) is 16.9. The molecule has 1 fully saturated rings. The Morgan fingerprint density at radius 1 is 1.29 bits per heavy atom. The van der Waals surface area contributed by atoms with Crippen molar-refractivity contribution in [2.45, 2.75) is 31.8 Å². The van der Waals surface area contributed by atoms with E-state index in [4.69, 9.17) is 9.47 Å². The zero-order chi connectivity index (χ0) is 17.3. The van der Waals surface area contributed by atoms with Gasteiger partial charge in [-0.15, -0.1) is 0 Å². The number of piperidine rings is 1. The Balaban J connectivity index is 1.75. The highest BCUT2D eigenvalue weighted by Crippen LogP contribution is 2.34. The minimum absolute atomic E-state index is 0.166. The first-order valence-corrected chi connectivity index (χ1v) is 8.09. The summed E-state index contributed by atoms with van der Waals surface area (Å²) in [4.78, 5) is 14.2. The van der Waals surface area contributed by atoms with E-state index in [0.29, 0.717) is 32.5 Å². The van der Waals surface area contributed by atoms with E-state index in [1.54, 1.807) is 4.90 Å². The second-order valence-corrected chi connectivity index (χ2v) is 6.39. The molecule has 1 aromatic rings. The van der Waals surface area contributed by atoms with Crippen LogP contribution in [-0.2, 0) is 4.74 Å². The largest absolute Gasteiger partial charge is 0.491 e. The Morgan fingerprint density at radius 2 is 2.00 bits per heavy atom. The van der Waals surface area contributed by atoms with Crippen LogP contribution in [0.3, 0.4) is 0 Å². The number of rotatable bonds is 2. The van der Waals surface area contributed by atoms with Gasteiger partial charge in [-0.25, -0.2) is 8.78 Å². The van der Waals surface area contributed by atoms with Crippen molar-refractivity contribution in [3.8, 4) is 5.75 Å². The number of hydrogen-bond acceptors (Lipinski definition) is 3. The molecule has 2 aliphatic heterocycles. The Kier molecular flexibility index (Phi) is 4.58. The molecule has 1 saturated heterocycles. The van der Waals surface area contributed by atoms with Gasteiger partial charge in [-0.2, -0.15) is 0 Å². The molecule has 0 unspecified atom stereocenters. The summed E-state index contributed by atoms with van der Waals surface area (Å²) in [5.74, 6) is -2.74. The number of methoxy groups -OCH3 is 1. The summed E-state index contributed by atoms with van der Waals surface area (Å²) in [6.45, 7) is 3.73. The van der Waals surface area contributed by atoms with Crippen LogP contribution in [0.5, 0.6) is 5.75 Å². The van der Waals surface area contributed by atoms with E-state index in [-0.39, 0.29) is 11.2 Å².